The third-order valence-electron chi connectivity index (χ3n) is 2.83. The van der Waals surface area contributed by atoms with Gasteiger partial charge in [-0.1, -0.05) is 28.1 Å². The Morgan fingerprint density at radius 2 is 1.85 bits per heavy atom. The Balaban J connectivity index is 2.07. The molecule has 0 fully saturated rings. The molecule has 106 valence electrons. The second-order valence-corrected chi connectivity index (χ2v) is 6.04. The first-order chi connectivity index (χ1) is 9.60. The van der Waals surface area contributed by atoms with Crippen LogP contribution in [0.3, 0.4) is 0 Å². The van der Waals surface area contributed by atoms with Gasteiger partial charge in [0.25, 0.3) is 0 Å². The summed E-state index contributed by atoms with van der Waals surface area (Å²) in [6.45, 7) is 0.991. The lowest BCUT2D eigenvalue weighted by molar-refractivity contribution is 0.303. The number of hydrogen-bond acceptors (Lipinski definition) is 2. The van der Waals surface area contributed by atoms with E-state index in [1.54, 1.807) is 6.07 Å². The van der Waals surface area contributed by atoms with Gasteiger partial charge in [0.1, 0.15) is 18.2 Å². The molecule has 2 N–H and O–H groups in total. The number of nitrogens with two attached hydrogens (primary N) is 1. The van der Waals surface area contributed by atoms with Gasteiger partial charge in [0.05, 0.1) is 4.47 Å². The Labute approximate surface area is 134 Å². The van der Waals surface area contributed by atoms with Crippen molar-refractivity contribution in [1.29, 1.82) is 0 Å². The third-order valence-corrected chi connectivity index (χ3v) is 4.19. The summed E-state index contributed by atoms with van der Waals surface area (Å²) < 4.78 is 20.3. The molecular formula is C15H14Br2FNO. The quantitative estimate of drug-likeness (QED) is 0.802. The fourth-order valence-corrected chi connectivity index (χ4v) is 2.78. The Morgan fingerprint density at radius 1 is 1.05 bits per heavy atom. The van der Waals surface area contributed by atoms with E-state index < -0.39 is 0 Å². The molecule has 5 heteroatoms. The SMILES string of the molecule is NCCc1ccc(OCc2ccc(F)cc2Br)c(Br)c1. The highest BCUT2D eigenvalue weighted by Crippen LogP contribution is 2.28. The van der Waals surface area contributed by atoms with E-state index in [-0.39, 0.29) is 5.82 Å². The predicted octanol–water partition coefficient (Wildman–Crippen LogP) is 4.43. The summed E-state index contributed by atoms with van der Waals surface area (Å²) in [7, 11) is 0. The lowest BCUT2D eigenvalue weighted by Gasteiger charge is -2.11. The van der Waals surface area contributed by atoms with E-state index in [4.69, 9.17) is 10.5 Å². The zero-order valence-electron chi connectivity index (χ0n) is 10.7. The first kappa shape index (κ1) is 15.5. The maximum atomic E-state index is 13.0. The Bertz CT molecular complexity index is 604. The minimum Gasteiger partial charge on any atom is -0.488 e. The van der Waals surface area contributed by atoms with Gasteiger partial charge in [0, 0.05) is 10.0 Å². The molecule has 0 aliphatic heterocycles. The minimum absolute atomic E-state index is 0.270. The van der Waals surface area contributed by atoms with Crippen LogP contribution in [0.2, 0.25) is 0 Å². The molecule has 0 heterocycles. The van der Waals surface area contributed by atoms with E-state index in [2.05, 4.69) is 31.9 Å². The highest BCUT2D eigenvalue weighted by Gasteiger charge is 2.06. The standard InChI is InChI=1S/C15H14Br2FNO/c16-13-8-12(18)3-2-11(13)9-20-15-4-1-10(5-6-19)7-14(15)17/h1-4,7-8H,5-6,9,19H2. The van der Waals surface area contributed by atoms with Crippen molar-refractivity contribution in [1.82, 2.24) is 0 Å². The van der Waals surface area contributed by atoms with E-state index in [9.17, 15) is 4.39 Å². The molecule has 0 aromatic heterocycles. The molecule has 2 aromatic rings. The van der Waals surface area contributed by atoms with Crippen LogP contribution in [0.15, 0.2) is 45.3 Å². The van der Waals surface area contributed by atoms with E-state index in [0.29, 0.717) is 17.6 Å². The molecule has 2 nitrogen and oxygen atoms in total. The molecule has 0 atom stereocenters. The molecule has 0 bridgehead atoms. The average molecular weight is 403 g/mol. The summed E-state index contributed by atoms with van der Waals surface area (Å²) in [5.74, 6) is 0.481. The second-order valence-electron chi connectivity index (χ2n) is 4.33. The van der Waals surface area contributed by atoms with Crippen LogP contribution >= 0.6 is 31.9 Å². The van der Waals surface area contributed by atoms with Crippen molar-refractivity contribution in [2.24, 2.45) is 5.73 Å². The van der Waals surface area contributed by atoms with E-state index in [0.717, 1.165) is 27.8 Å². The molecule has 0 amide bonds. The van der Waals surface area contributed by atoms with E-state index in [1.165, 1.54) is 12.1 Å². The van der Waals surface area contributed by atoms with Crippen LogP contribution in [0.25, 0.3) is 0 Å². The number of halogens is 3. The number of hydrogen-bond donors (Lipinski definition) is 1. The van der Waals surface area contributed by atoms with Gasteiger partial charge in [-0.25, -0.2) is 4.39 Å². The molecular weight excluding hydrogens is 389 g/mol. The Hall–Kier alpha value is -0.910. The van der Waals surface area contributed by atoms with Gasteiger partial charge >= 0.3 is 0 Å². The molecule has 2 aromatic carbocycles. The summed E-state index contributed by atoms with van der Waals surface area (Å²) in [5, 5.41) is 0. The maximum absolute atomic E-state index is 13.0. The smallest absolute Gasteiger partial charge is 0.134 e. The summed E-state index contributed by atoms with van der Waals surface area (Å²) in [4.78, 5) is 0. The van der Waals surface area contributed by atoms with Gasteiger partial charge in [-0.05, 0) is 58.7 Å². The second kappa shape index (κ2) is 7.20. The Morgan fingerprint density at radius 3 is 2.50 bits per heavy atom. The van der Waals surface area contributed by atoms with Crippen molar-refractivity contribution < 1.29 is 9.13 Å². The number of rotatable bonds is 5. The van der Waals surface area contributed by atoms with Gasteiger partial charge in [-0.3, -0.25) is 0 Å². The van der Waals surface area contributed by atoms with Gasteiger partial charge in [0.15, 0.2) is 0 Å². The largest absolute Gasteiger partial charge is 0.488 e. The molecule has 20 heavy (non-hydrogen) atoms. The molecule has 0 aliphatic rings. The van der Waals surface area contributed by atoms with Gasteiger partial charge in [-0.2, -0.15) is 0 Å². The first-order valence-electron chi connectivity index (χ1n) is 6.15. The fraction of sp³-hybridized carbons (Fsp3) is 0.200. The normalized spacial score (nSPS) is 10.6. The first-order valence-corrected chi connectivity index (χ1v) is 7.74. The van der Waals surface area contributed by atoms with E-state index in [1.807, 2.05) is 18.2 Å². The summed E-state index contributed by atoms with van der Waals surface area (Å²) in [6, 6.07) is 10.5. The summed E-state index contributed by atoms with van der Waals surface area (Å²) >= 11 is 6.81. The Kier molecular flexibility index (Phi) is 5.57. The van der Waals surface area contributed by atoms with Crippen LogP contribution in [0.1, 0.15) is 11.1 Å². The number of benzene rings is 2. The number of ether oxygens (including phenoxy) is 1. The molecule has 0 spiro atoms. The molecule has 0 radical (unpaired) electrons. The molecule has 0 saturated heterocycles. The summed E-state index contributed by atoms with van der Waals surface area (Å²) in [6.07, 6.45) is 0.836. The van der Waals surface area contributed by atoms with Crippen molar-refractivity contribution >= 4 is 31.9 Å². The van der Waals surface area contributed by atoms with Crippen LogP contribution in [-0.2, 0) is 13.0 Å². The molecule has 0 saturated carbocycles. The maximum Gasteiger partial charge on any atom is 0.134 e. The van der Waals surface area contributed by atoms with Crippen molar-refractivity contribution in [3.63, 3.8) is 0 Å². The molecule has 2 rings (SSSR count). The van der Waals surface area contributed by atoms with Crippen LogP contribution in [0, 0.1) is 5.82 Å². The zero-order valence-corrected chi connectivity index (χ0v) is 13.9. The minimum atomic E-state index is -0.270. The predicted molar refractivity (Wildman–Crippen MR) is 85.3 cm³/mol. The van der Waals surface area contributed by atoms with Gasteiger partial charge < -0.3 is 10.5 Å². The van der Waals surface area contributed by atoms with Crippen molar-refractivity contribution in [3.8, 4) is 5.75 Å². The third kappa shape index (κ3) is 4.04. The lowest BCUT2D eigenvalue weighted by Crippen LogP contribution is -2.03. The topological polar surface area (TPSA) is 35.2 Å². The van der Waals surface area contributed by atoms with Crippen LogP contribution in [-0.4, -0.2) is 6.54 Å². The van der Waals surface area contributed by atoms with Crippen LogP contribution < -0.4 is 10.5 Å². The van der Waals surface area contributed by atoms with Crippen LogP contribution in [0.5, 0.6) is 5.75 Å². The summed E-state index contributed by atoms with van der Waals surface area (Å²) in [5.41, 5.74) is 7.58. The van der Waals surface area contributed by atoms with Crippen molar-refractivity contribution in [3.05, 3.63) is 62.3 Å². The lowest BCUT2D eigenvalue weighted by atomic mass is 10.1. The highest BCUT2D eigenvalue weighted by atomic mass is 79.9. The molecule has 0 unspecified atom stereocenters. The zero-order chi connectivity index (χ0) is 14.5. The fourth-order valence-electron chi connectivity index (χ4n) is 1.78. The highest BCUT2D eigenvalue weighted by molar-refractivity contribution is 9.10. The molecule has 0 aliphatic carbocycles. The average Bonchev–Trinajstić information content (AvgIpc) is 2.40. The van der Waals surface area contributed by atoms with Crippen molar-refractivity contribution in [2.75, 3.05) is 6.54 Å². The van der Waals surface area contributed by atoms with Crippen LogP contribution in [0.4, 0.5) is 4.39 Å². The monoisotopic (exact) mass is 401 g/mol. The van der Waals surface area contributed by atoms with E-state index >= 15 is 0 Å². The van der Waals surface area contributed by atoms with Gasteiger partial charge in [-0.15, -0.1) is 0 Å². The van der Waals surface area contributed by atoms with Gasteiger partial charge in [0.2, 0.25) is 0 Å². The van der Waals surface area contributed by atoms with Crippen molar-refractivity contribution in [2.45, 2.75) is 13.0 Å².